The summed E-state index contributed by atoms with van der Waals surface area (Å²) in [4.78, 5) is 0. The van der Waals surface area contributed by atoms with Gasteiger partial charge in [-0.3, -0.25) is 0 Å². The second kappa shape index (κ2) is 6.07. The van der Waals surface area contributed by atoms with Gasteiger partial charge in [-0.25, -0.2) is 0 Å². The van der Waals surface area contributed by atoms with Gasteiger partial charge in [-0.2, -0.15) is 0 Å². The van der Waals surface area contributed by atoms with Crippen molar-refractivity contribution >= 4 is 0 Å². The van der Waals surface area contributed by atoms with Crippen LogP contribution in [-0.2, 0) is 0 Å². The van der Waals surface area contributed by atoms with Crippen LogP contribution >= 0.6 is 0 Å². The average Bonchev–Trinajstić information content (AvgIpc) is 2.59. The number of hydrogen-bond donors (Lipinski definition) is 0. The van der Waals surface area contributed by atoms with Gasteiger partial charge in [0.2, 0.25) is 0 Å². The summed E-state index contributed by atoms with van der Waals surface area (Å²) in [6.45, 7) is 9.55. The van der Waals surface area contributed by atoms with E-state index in [4.69, 9.17) is 14.2 Å². The number of ether oxygens (including phenoxy) is 3. The van der Waals surface area contributed by atoms with Gasteiger partial charge < -0.3 is 14.2 Å². The van der Waals surface area contributed by atoms with Crippen LogP contribution in [0, 0.1) is 23.2 Å². The van der Waals surface area contributed by atoms with Crippen LogP contribution in [-0.4, -0.2) is 19.8 Å². The number of methoxy groups -OCH3 is 2. The lowest BCUT2D eigenvalue weighted by molar-refractivity contribution is -0.198. The van der Waals surface area contributed by atoms with Gasteiger partial charge in [0.15, 0.2) is 0 Å². The molecule has 1 unspecified atom stereocenters. The van der Waals surface area contributed by atoms with Crippen molar-refractivity contribution in [2.75, 3.05) is 14.2 Å². The van der Waals surface area contributed by atoms with E-state index >= 15 is 0 Å². The zero-order chi connectivity index (χ0) is 18.7. The molecule has 0 radical (unpaired) electrons. The van der Waals surface area contributed by atoms with Gasteiger partial charge in [0, 0.05) is 23.6 Å². The first-order valence-electron chi connectivity index (χ1n) is 10.3. The highest BCUT2D eigenvalue weighted by Gasteiger charge is 2.64. The van der Waals surface area contributed by atoms with Gasteiger partial charge in [-0.1, -0.05) is 27.7 Å². The highest BCUT2D eigenvalue weighted by molar-refractivity contribution is 5.54. The van der Waals surface area contributed by atoms with E-state index in [-0.39, 0.29) is 5.60 Å². The molecular weight excluding hydrogens is 324 g/mol. The molecule has 1 aromatic rings. The van der Waals surface area contributed by atoms with Crippen molar-refractivity contribution in [3.05, 3.63) is 17.7 Å². The minimum absolute atomic E-state index is 0.0117. The summed E-state index contributed by atoms with van der Waals surface area (Å²) in [6, 6.07) is 4.10. The molecule has 0 amide bonds. The van der Waals surface area contributed by atoms with Crippen molar-refractivity contribution in [1.82, 2.24) is 0 Å². The van der Waals surface area contributed by atoms with Crippen molar-refractivity contribution in [1.29, 1.82) is 0 Å². The molecule has 5 rings (SSSR count). The molecule has 3 aliphatic carbocycles. The van der Waals surface area contributed by atoms with E-state index in [0.29, 0.717) is 23.2 Å². The molecular formula is C23H34O3. The molecule has 3 saturated carbocycles. The molecule has 1 aliphatic heterocycles. The standard InChI is InChI=1S/C23H34O3/c1-14(2)9-15-13-23(8-7-16-10-20(23)22(16,3)4)26-19-12-17(24-5)11-18(25-6)21(15)19/h11-12,14-16,20H,7-10,13H2,1-6H3/t15?,16-,20+,23+/m0/s1. The van der Waals surface area contributed by atoms with Crippen molar-refractivity contribution in [3.63, 3.8) is 0 Å². The Morgan fingerprint density at radius 3 is 2.54 bits per heavy atom. The number of benzene rings is 1. The molecule has 26 heavy (non-hydrogen) atoms. The van der Waals surface area contributed by atoms with Crippen LogP contribution in [0.25, 0.3) is 0 Å². The zero-order valence-corrected chi connectivity index (χ0v) is 17.2. The second-order valence-electron chi connectivity index (χ2n) is 9.78. The fourth-order valence-electron chi connectivity index (χ4n) is 6.26. The topological polar surface area (TPSA) is 27.7 Å². The Labute approximate surface area is 158 Å². The van der Waals surface area contributed by atoms with Crippen LogP contribution in [0.15, 0.2) is 12.1 Å². The van der Waals surface area contributed by atoms with Crippen LogP contribution in [0.1, 0.15) is 71.3 Å². The van der Waals surface area contributed by atoms with E-state index in [1.54, 1.807) is 14.2 Å². The zero-order valence-electron chi connectivity index (χ0n) is 17.2. The molecule has 4 atom stereocenters. The first kappa shape index (κ1) is 18.0. The number of fused-ring (bicyclic) bond motifs is 2. The van der Waals surface area contributed by atoms with Crippen molar-refractivity contribution < 1.29 is 14.2 Å². The van der Waals surface area contributed by atoms with Crippen LogP contribution in [0.2, 0.25) is 0 Å². The fraction of sp³-hybridized carbons (Fsp3) is 0.739. The molecule has 4 aliphatic rings. The predicted octanol–water partition coefficient (Wildman–Crippen LogP) is 5.81. The molecule has 0 saturated heterocycles. The summed E-state index contributed by atoms with van der Waals surface area (Å²) in [5.41, 5.74) is 1.65. The van der Waals surface area contributed by atoms with Gasteiger partial charge in [0.1, 0.15) is 22.8 Å². The Morgan fingerprint density at radius 2 is 1.96 bits per heavy atom. The molecule has 2 bridgehead atoms. The molecule has 144 valence electrons. The Morgan fingerprint density at radius 1 is 1.19 bits per heavy atom. The number of rotatable bonds is 4. The van der Waals surface area contributed by atoms with E-state index < -0.39 is 0 Å². The van der Waals surface area contributed by atoms with E-state index in [0.717, 1.165) is 29.6 Å². The Kier molecular flexibility index (Phi) is 4.20. The van der Waals surface area contributed by atoms with Gasteiger partial charge in [-0.15, -0.1) is 0 Å². The van der Waals surface area contributed by atoms with Crippen molar-refractivity contribution in [2.24, 2.45) is 23.2 Å². The maximum Gasteiger partial charge on any atom is 0.131 e. The Balaban J connectivity index is 1.79. The second-order valence-corrected chi connectivity index (χ2v) is 9.78. The fourth-order valence-corrected chi connectivity index (χ4v) is 6.26. The summed E-state index contributed by atoms with van der Waals surface area (Å²) < 4.78 is 18.2. The monoisotopic (exact) mass is 358 g/mol. The summed E-state index contributed by atoms with van der Waals surface area (Å²) in [5.74, 6) is 5.43. The molecule has 0 aromatic heterocycles. The van der Waals surface area contributed by atoms with Crippen molar-refractivity contribution in [3.8, 4) is 17.2 Å². The normalized spacial score (nSPS) is 34.0. The van der Waals surface area contributed by atoms with Crippen LogP contribution in [0.5, 0.6) is 17.2 Å². The number of hydrogen-bond acceptors (Lipinski definition) is 3. The van der Waals surface area contributed by atoms with E-state index in [2.05, 4.69) is 33.8 Å². The van der Waals surface area contributed by atoms with Gasteiger partial charge >= 0.3 is 0 Å². The van der Waals surface area contributed by atoms with Crippen LogP contribution in [0.3, 0.4) is 0 Å². The van der Waals surface area contributed by atoms with Crippen molar-refractivity contribution in [2.45, 2.75) is 71.3 Å². The molecule has 3 nitrogen and oxygen atoms in total. The minimum atomic E-state index is -0.0117. The third-order valence-electron chi connectivity index (χ3n) is 7.62. The third-order valence-corrected chi connectivity index (χ3v) is 7.62. The van der Waals surface area contributed by atoms with Gasteiger partial charge in [-0.05, 0) is 55.3 Å². The molecule has 1 heterocycles. The minimum Gasteiger partial charge on any atom is -0.496 e. The first-order valence-corrected chi connectivity index (χ1v) is 10.3. The molecule has 1 aromatic carbocycles. The summed E-state index contributed by atoms with van der Waals surface area (Å²) >= 11 is 0. The first-order chi connectivity index (χ1) is 12.3. The maximum atomic E-state index is 6.88. The quantitative estimate of drug-likeness (QED) is 0.679. The lowest BCUT2D eigenvalue weighted by Gasteiger charge is -2.66. The lowest BCUT2D eigenvalue weighted by atomic mass is 9.42. The molecule has 1 spiro atoms. The van der Waals surface area contributed by atoms with E-state index in [1.165, 1.54) is 31.2 Å². The average molecular weight is 359 g/mol. The Hall–Kier alpha value is -1.38. The highest BCUT2D eigenvalue weighted by Crippen LogP contribution is 2.67. The smallest absolute Gasteiger partial charge is 0.131 e. The summed E-state index contributed by atoms with van der Waals surface area (Å²) in [5, 5.41) is 0. The lowest BCUT2D eigenvalue weighted by Crippen LogP contribution is -2.64. The molecule has 3 heteroatoms. The van der Waals surface area contributed by atoms with Gasteiger partial charge in [0.25, 0.3) is 0 Å². The van der Waals surface area contributed by atoms with Gasteiger partial charge in [0.05, 0.1) is 14.2 Å². The predicted molar refractivity (Wildman–Crippen MR) is 104 cm³/mol. The molecule has 3 fully saturated rings. The van der Waals surface area contributed by atoms with E-state index in [1.807, 2.05) is 6.07 Å². The van der Waals surface area contributed by atoms with Crippen LogP contribution in [0.4, 0.5) is 0 Å². The third kappa shape index (κ3) is 2.53. The van der Waals surface area contributed by atoms with Crippen LogP contribution < -0.4 is 14.2 Å². The molecule has 0 N–H and O–H groups in total. The SMILES string of the molecule is COc1cc(OC)c2c(c1)O[C@]1(CC[C@H]3C[C@@H]1C3(C)C)CC2CC(C)C. The summed E-state index contributed by atoms with van der Waals surface area (Å²) in [6.07, 6.45) is 6.13. The highest BCUT2D eigenvalue weighted by atomic mass is 16.5. The largest absolute Gasteiger partial charge is 0.496 e. The summed E-state index contributed by atoms with van der Waals surface area (Å²) in [7, 11) is 3.47. The van der Waals surface area contributed by atoms with E-state index in [9.17, 15) is 0 Å². The maximum absolute atomic E-state index is 6.88. The Bertz CT molecular complexity index is 691.